The van der Waals surface area contributed by atoms with Crippen LogP contribution in [0.5, 0.6) is 11.5 Å². The summed E-state index contributed by atoms with van der Waals surface area (Å²) in [5, 5.41) is 0. The number of rotatable bonds is 9. The van der Waals surface area contributed by atoms with E-state index in [1.165, 1.54) is 19.2 Å². The zero-order valence-electron chi connectivity index (χ0n) is 19.2. The summed E-state index contributed by atoms with van der Waals surface area (Å²) in [5.41, 5.74) is 0.502. The number of nitrogens with zero attached hydrogens (tertiary/aromatic N) is 1. The summed E-state index contributed by atoms with van der Waals surface area (Å²) >= 11 is 0. The van der Waals surface area contributed by atoms with Gasteiger partial charge in [-0.05, 0) is 41.7 Å². The van der Waals surface area contributed by atoms with Crippen molar-refractivity contribution in [1.29, 1.82) is 0 Å². The van der Waals surface area contributed by atoms with E-state index in [9.17, 15) is 13.2 Å². The van der Waals surface area contributed by atoms with E-state index >= 15 is 0 Å². The Morgan fingerprint density at radius 2 is 1.65 bits per heavy atom. The fourth-order valence-corrected chi connectivity index (χ4v) is 4.06. The molecule has 0 atom stereocenters. The Labute approximate surface area is 186 Å². The third-order valence-electron chi connectivity index (χ3n) is 4.50. The molecule has 0 N–H and O–H groups in total. The van der Waals surface area contributed by atoms with Gasteiger partial charge in [-0.15, -0.1) is 0 Å². The standard InChI is InChI=1S/C24H33NO5S/c1-18(2)16-25(23(26)15-24(3,4)5)17-19-9-7-8-10-22(19)30-31(27,28)21-13-11-20(29-6)12-14-21/h7-14,18H,15-17H2,1-6H3. The van der Waals surface area contributed by atoms with Crippen molar-refractivity contribution < 1.29 is 22.1 Å². The van der Waals surface area contributed by atoms with Crippen molar-refractivity contribution in [2.45, 2.75) is 52.5 Å². The number of carbonyl (C=O) groups is 1. The van der Waals surface area contributed by atoms with Crippen LogP contribution in [0.4, 0.5) is 0 Å². The summed E-state index contributed by atoms with van der Waals surface area (Å²) in [7, 11) is -2.51. The number of methoxy groups -OCH3 is 1. The van der Waals surface area contributed by atoms with Gasteiger partial charge in [0.05, 0.1) is 7.11 Å². The lowest BCUT2D eigenvalue weighted by Gasteiger charge is -2.28. The summed E-state index contributed by atoms with van der Waals surface area (Å²) in [6, 6.07) is 12.9. The predicted molar refractivity (Wildman–Crippen MR) is 122 cm³/mol. The van der Waals surface area contributed by atoms with Gasteiger partial charge >= 0.3 is 10.1 Å². The number of amides is 1. The molecule has 0 unspecified atom stereocenters. The fourth-order valence-electron chi connectivity index (χ4n) is 3.09. The molecular weight excluding hydrogens is 414 g/mol. The van der Waals surface area contributed by atoms with E-state index in [1.807, 2.05) is 40.7 Å². The first kappa shape index (κ1) is 24.7. The molecule has 170 valence electrons. The third-order valence-corrected chi connectivity index (χ3v) is 5.75. The highest BCUT2D eigenvalue weighted by Crippen LogP contribution is 2.27. The van der Waals surface area contributed by atoms with E-state index in [0.29, 0.717) is 24.3 Å². The Morgan fingerprint density at radius 1 is 1.03 bits per heavy atom. The Morgan fingerprint density at radius 3 is 2.19 bits per heavy atom. The molecule has 2 aromatic rings. The van der Waals surface area contributed by atoms with Crippen LogP contribution in [0.2, 0.25) is 0 Å². The molecule has 2 rings (SSSR count). The number of ether oxygens (including phenoxy) is 1. The highest BCUT2D eigenvalue weighted by molar-refractivity contribution is 7.87. The summed E-state index contributed by atoms with van der Waals surface area (Å²) in [4.78, 5) is 14.7. The van der Waals surface area contributed by atoms with Gasteiger partial charge in [-0.2, -0.15) is 8.42 Å². The first-order valence-electron chi connectivity index (χ1n) is 10.4. The quantitative estimate of drug-likeness (QED) is 0.512. The van der Waals surface area contributed by atoms with Crippen molar-refractivity contribution in [3.05, 3.63) is 54.1 Å². The fraction of sp³-hybridized carbons (Fsp3) is 0.458. The second kappa shape index (κ2) is 10.2. The SMILES string of the molecule is COc1ccc(S(=O)(=O)Oc2ccccc2CN(CC(C)C)C(=O)CC(C)(C)C)cc1. The molecule has 7 heteroatoms. The van der Waals surface area contributed by atoms with Crippen molar-refractivity contribution in [2.24, 2.45) is 11.3 Å². The number of hydrogen-bond donors (Lipinski definition) is 0. The maximum atomic E-state index is 12.9. The number of hydrogen-bond acceptors (Lipinski definition) is 5. The molecule has 31 heavy (non-hydrogen) atoms. The molecular formula is C24H33NO5S. The molecule has 0 aromatic heterocycles. The van der Waals surface area contributed by atoms with Crippen LogP contribution in [0.3, 0.4) is 0 Å². The Bertz CT molecular complexity index is 976. The van der Waals surface area contributed by atoms with Gasteiger partial charge in [-0.25, -0.2) is 0 Å². The van der Waals surface area contributed by atoms with Crippen LogP contribution in [0.25, 0.3) is 0 Å². The highest BCUT2D eigenvalue weighted by atomic mass is 32.2. The van der Waals surface area contributed by atoms with Crippen LogP contribution in [0.15, 0.2) is 53.4 Å². The number of carbonyl (C=O) groups excluding carboxylic acids is 1. The van der Waals surface area contributed by atoms with Crippen LogP contribution in [-0.4, -0.2) is 32.9 Å². The van der Waals surface area contributed by atoms with Crippen LogP contribution in [0, 0.1) is 11.3 Å². The van der Waals surface area contributed by atoms with Gasteiger partial charge < -0.3 is 13.8 Å². The van der Waals surface area contributed by atoms with Crippen LogP contribution in [-0.2, 0) is 21.5 Å². The second-order valence-corrected chi connectivity index (χ2v) is 10.8. The van der Waals surface area contributed by atoms with Crippen molar-refractivity contribution in [1.82, 2.24) is 4.90 Å². The van der Waals surface area contributed by atoms with E-state index in [1.54, 1.807) is 35.2 Å². The summed E-state index contributed by atoms with van der Waals surface area (Å²) in [6.45, 7) is 11.0. The maximum absolute atomic E-state index is 12.9. The number of para-hydroxylation sites is 1. The lowest BCUT2D eigenvalue weighted by molar-refractivity contribution is -0.134. The van der Waals surface area contributed by atoms with Crippen molar-refractivity contribution in [3.8, 4) is 11.5 Å². The normalized spacial score (nSPS) is 12.0. The Kier molecular flexibility index (Phi) is 8.12. The summed E-state index contributed by atoms with van der Waals surface area (Å²) < 4.78 is 36.1. The molecule has 0 fully saturated rings. The Hall–Kier alpha value is -2.54. The van der Waals surface area contributed by atoms with Crippen molar-refractivity contribution in [2.75, 3.05) is 13.7 Å². The van der Waals surface area contributed by atoms with Gasteiger partial charge in [-0.3, -0.25) is 4.79 Å². The van der Waals surface area contributed by atoms with Gasteiger partial charge in [0.15, 0.2) is 0 Å². The Balaban J connectivity index is 2.29. The molecule has 0 saturated carbocycles. The second-order valence-electron chi connectivity index (χ2n) is 9.23. The van der Waals surface area contributed by atoms with Crippen molar-refractivity contribution >= 4 is 16.0 Å². The molecule has 0 radical (unpaired) electrons. The van der Waals surface area contributed by atoms with E-state index in [0.717, 1.165) is 0 Å². The lowest BCUT2D eigenvalue weighted by atomic mass is 9.91. The van der Waals surface area contributed by atoms with Crippen molar-refractivity contribution in [3.63, 3.8) is 0 Å². The topological polar surface area (TPSA) is 72.9 Å². The maximum Gasteiger partial charge on any atom is 0.339 e. The minimum atomic E-state index is -4.03. The van der Waals surface area contributed by atoms with Gasteiger partial charge in [0.25, 0.3) is 0 Å². The highest BCUT2D eigenvalue weighted by Gasteiger charge is 2.24. The van der Waals surface area contributed by atoms with E-state index in [2.05, 4.69) is 0 Å². The molecule has 0 bridgehead atoms. The summed E-state index contributed by atoms with van der Waals surface area (Å²) in [6.07, 6.45) is 0.410. The van der Waals surface area contributed by atoms with E-state index in [4.69, 9.17) is 8.92 Å². The number of benzene rings is 2. The molecule has 0 aliphatic heterocycles. The molecule has 0 aliphatic rings. The van der Waals surface area contributed by atoms with Crippen LogP contribution >= 0.6 is 0 Å². The zero-order valence-corrected chi connectivity index (χ0v) is 20.0. The zero-order chi connectivity index (χ0) is 23.2. The molecule has 0 heterocycles. The van der Waals surface area contributed by atoms with Gasteiger partial charge in [0.1, 0.15) is 16.4 Å². The third kappa shape index (κ3) is 7.58. The molecule has 2 aromatic carbocycles. The minimum Gasteiger partial charge on any atom is -0.497 e. The molecule has 0 aliphatic carbocycles. The predicted octanol–water partition coefficient (Wildman–Crippen LogP) is 4.88. The molecule has 0 spiro atoms. The first-order chi connectivity index (χ1) is 14.4. The van der Waals surface area contributed by atoms with E-state index < -0.39 is 10.1 Å². The largest absolute Gasteiger partial charge is 0.497 e. The van der Waals surface area contributed by atoms with Gasteiger partial charge in [0, 0.05) is 25.1 Å². The monoisotopic (exact) mass is 447 g/mol. The molecule has 6 nitrogen and oxygen atoms in total. The lowest BCUT2D eigenvalue weighted by Crippen LogP contribution is -2.36. The molecule has 1 amide bonds. The average molecular weight is 448 g/mol. The van der Waals surface area contributed by atoms with Gasteiger partial charge in [0.2, 0.25) is 5.91 Å². The van der Waals surface area contributed by atoms with Gasteiger partial charge in [-0.1, -0.05) is 52.8 Å². The average Bonchev–Trinajstić information content (AvgIpc) is 2.67. The minimum absolute atomic E-state index is 0.0333. The van der Waals surface area contributed by atoms with E-state index in [-0.39, 0.29) is 34.4 Å². The van der Waals surface area contributed by atoms with Crippen LogP contribution in [0.1, 0.15) is 46.6 Å². The first-order valence-corrected chi connectivity index (χ1v) is 11.8. The molecule has 0 saturated heterocycles. The summed E-state index contributed by atoms with van der Waals surface area (Å²) in [5.74, 6) is 1.09. The van der Waals surface area contributed by atoms with Crippen LogP contribution < -0.4 is 8.92 Å². The smallest absolute Gasteiger partial charge is 0.339 e.